The number of rotatable bonds is 4. The van der Waals surface area contributed by atoms with Crippen molar-refractivity contribution in [2.75, 3.05) is 39.3 Å². The molecule has 5 aliphatic rings. The van der Waals surface area contributed by atoms with Crippen LogP contribution in [0.5, 0.6) is 0 Å². The molecular weight excluding hydrogens is 256 g/mol. The summed E-state index contributed by atoms with van der Waals surface area (Å²) in [4.78, 5) is 5.76. The molecule has 2 bridgehead atoms. The number of hydrogen-bond acceptors (Lipinski definition) is 2. The van der Waals surface area contributed by atoms with Crippen LogP contribution in [0.2, 0.25) is 0 Å². The van der Waals surface area contributed by atoms with Crippen molar-refractivity contribution in [3.05, 3.63) is 0 Å². The zero-order chi connectivity index (χ0) is 13.9. The number of nitrogens with zero attached hydrogens (tertiary/aromatic N) is 2. The molecule has 0 aromatic carbocycles. The first-order chi connectivity index (χ1) is 10.3. The van der Waals surface area contributed by atoms with Gasteiger partial charge in [0, 0.05) is 39.3 Å². The fourth-order valence-corrected chi connectivity index (χ4v) is 6.05. The van der Waals surface area contributed by atoms with Crippen LogP contribution in [0.25, 0.3) is 0 Å². The molecule has 0 N–H and O–H groups in total. The zero-order valence-electron chi connectivity index (χ0n) is 13.6. The van der Waals surface area contributed by atoms with Gasteiger partial charge in [-0.15, -0.1) is 0 Å². The van der Waals surface area contributed by atoms with Crippen molar-refractivity contribution in [1.29, 1.82) is 0 Å². The lowest BCUT2D eigenvalue weighted by Gasteiger charge is -2.58. The lowest BCUT2D eigenvalue weighted by atomic mass is 9.60. The van der Waals surface area contributed by atoms with E-state index >= 15 is 0 Å². The molecule has 0 atom stereocenters. The summed E-state index contributed by atoms with van der Waals surface area (Å²) in [7, 11) is 0. The minimum absolute atomic E-state index is 0.778. The van der Waals surface area contributed by atoms with Crippen LogP contribution in [-0.4, -0.2) is 49.1 Å². The van der Waals surface area contributed by atoms with Crippen LogP contribution in [0.4, 0.5) is 0 Å². The highest BCUT2D eigenvalue weighted by atomic mass is 15.2. The topological polar surface area (TPSA) is 6.48 Å². The van der Waals surface area contributed by atoms with Crippen LogP contribution in [-0.2, 0) is 0 Å². The number of likely N-dealkylation sites (tertiary alicyclic amines) is 2. The van der Waals surface area contributed by atoms with Crippen LogP contribution < -0.4 is 0 Å². The van der Waals surface area contributed by atoms with Gasteiger partial charge < -0.3 is 9.80 Å². The first-order valence-corrected chi connectivity index (χ1v) is 9.76. The Hall–Kier alpha value is -0.0800. The normalized spacial score (nSPS) is 40.0. The van der Waals surface area contributed by atoms with Crippen LogP contribution in [0.15, 0.2) is 0 Å². The molecule has 0 aromatic heterocycles. The van der Waals surface area contributed by atoms with Gasteiger partial charge in [-0.05, 0) is 67.6 Å². The average molecular weight is 288 g/mol. The third kappa shape index (κ3) is 2.47. The van der Waals surface area contributed by atoms with Crippen molar-refractivity contribution in [3.8, 4) is 0 Å². The molecule has 5 rings (SSSR count). The van der Waals surface area contributed by atoms with Gasteiger partial charge in [0.25, 0.3) is 0 Å². The minimum Gasteiger partial charge on any atom is -0.302 e. The van der Waals surface area contributed by atoms with Crippen LogP contribution in [0.3, 0.4) is 0 Å². The predicted molar refractivity (Wildman–Crippen MR) is 86.2 cm³/mol. The maximum atomic E-state index is 2.88. The van der Waals surface area contributed by atoms with Gasteiger partial charge in [-0.1, -0.05) is 12.8 Å². The van der Waals surface area contributed by atoms with E-state index in [-0.39, 0.29) is 0 Å². The van der Waals surface area contributed by atoms with E-state index in [4.69, 9.17) is 0 Å². The fourth-order valence-electron chi connectivity index (χ4n) is 6.05. The molecular formula is C19H32N2. The predicted octanol–water partition coefficient (Wildman–Crippen LogP) is 3.23. The largest absolute Gasteiger partial charge is 0.302 e. The summed E-state index contributed by atoms with van der Waals surface area (Å²) in [6, 6.07) is 0. The molecule has 5 fully saturated rings. The highest BCUT2D eigenvalue weighted by Gasteiger charge is 2.54. The van der Waals surface area contributed by atoms with Gasteiger partial charge in [0.05, 0.1) is 0 Å². The molecule has 2 heteroatoms. The molecule has 2 nitrogen and oxygen atoms in total. The summed E-state index contributed by atoms with van der Waals surface area (Å²) >= 11 is 0. The summed E-state index contributed by atoms with van der Waals surface area (Å²) in [5.41, 5.74) is 0.778. The average Bonchev–Trinajstić information content (AvgIpc) is 3.36. The minimum atomic E-state index is 0.778. The van der Waals surface area contributed by atoms with E-state index in [0.717, 1.165) is 29.1 Å². The van der Waals surface area contributed by atoms with Gasteiger partial charge in [-0.2, -0.15) is 0 Å². The lowest BCUT2D eigenvalue weighted by Crippen LogP contribution is -2.62. The summed E-state index contributed by atoms with van der Waals surface area (Å²) in [6.45, 7) is 8.63. The SMILES string of the molecule is C1CCC2(C1)C1CN(CC3CC3)CC2CN(CC2CC2)C1. The van der Waals surface area contributed by atoms with E-state index in [9.17, 15) is 0 Å². The molecule has 0 unspecified atom stereocenters. The summed E-state index contributed by atoms with van der Waals surface area (Å²) in [5.74, 6) is 4.16. The first-order valence-electron chi connectivity index (χ1n) is 9.76. The summed E-state index contributed by atoms with van der Waals surface area (Å²) in [6.07, 6.45) is 12.3. The number of hydrogen-bond donors (Lipinski definition) is 0. The van der Waals surface area contributed by atoms with E-state index < -0.39 is 0 Å². The van der Waals surface area contributed by atoms with Gasteiger partial charge >= 0.3 is 0 Å². The maximum absolute atomic E-state index is 2.88. The molecule has 2 heterocycles. The van der Waals surface area contributed by atoms with E-state index in [2.05, 4.69) is 9.80 Å². The first kappa shape index (κ1) is 13.4. The second kappa shape index (κ2) is 4.96. The molecule has 3 aliphatic carbocycles. The van der Waals surface area contributed by atoms with Gasteiger partial charge in [-0.3, -0.25) is 0 Å². The Bertz CT molecular complexity index is 348. The standard InChI is InChI=1S/C19H32N2/c1-2-8-19(7-1)17-11-20(9-15-3-4-15)12-18(19)14-21(13-17)10-16-5-6-16/h15-18H,1-14H2. The highest BCUT2D eigenvalue weighted by molar-refractivity contribution is 5.06. The quantitative estimate of drug-likeness (QED) is 0.783. The molecule has 2 saturated heterocycles. The fraction of sp³-hybridized carbons (Fsp3) is 1.00. The van der Waals surface area contributed by atoms with Crippen molar-refractivity contribution in [1.82, 2.24) is 9.80 Å². The van der Waals surface area contributed by atoms with Gasteiger partial charge in [0.15, 0.2) is 0 Å². The number of piperidine rings is 2. The Kier molecular flexibility index (Phi) is 3.16. The molecule has 3 saturated carbocycles. The Labute approximate surface area is 130 Å². The second-order valence-electron chi connectivity index (χ2n) is 9.16. The lowest BCUT2D eigenvalue weighted by molar-refractivity contribution is -0.0903. The highest BCUT2D eigenvalue weighted by Crippen LogP contribution is 2.55. The second-order valence-corrected chi connectivity index (χ2v) is 9.16. The van der Waals surface area contributed by atoms with Gasteiger partial charge in [0.2, 0.25) is 0 Å². The van der Waals surface area contributed by atoms with Gasteiger partial charge in [0.1, 0.15) is 0 Å². The Morgan fingerprint density at radius 3 is 1.48 bits per heavy atom. The molecule has 0 aromatic rings. The van der Waals surface area contributed by atoms with Crippen LogP contribution in [0, 0.1) is 29.1 Å². The van der Waals surface area contributed by atoms with E-state index in [1.54, 1.807) is 12.8 Å². The Morgan fingerprint density at radius 1 is 0.667 bits per heavy atom. The summed E-state index contributed by atoms with van der Waals surface area (Å²) < 4.78 is 0. The smallest absolute Gasteiger partial charge is 0.00276 e. The zero-order valence-corrected chi connectivity index (χ0v) is 13.6. The van der Waals surface area contributed by atoms with Crippen molar-refractivity contribution in [2.45, 2.75) is 51.4 Å². The molecule has 0 amide bonds. The molecule has 2 aliphatic heterocycles. The maximum Gasteiger partial charge on any atom is 0.00276 e. The molecule has 1 spiro atoms. The third-order valence-electron chi connectivity index (χ3n) is 7.50. The van der Waals surface area contributed by atoms with E-state index in [1.165, 1.54) is 77.8 Å². The summed E-state index contributed by atoms with van der Waals surface area (Å²) in [5, 5.41) is 0. The van der Waals surface area contributed by atoms with Crippen molar-refractivity contribution in [2.24, 2.45) is 29.1 Å². The van der Waals surface area contributed by atoms with Crippen LogP contribution >= 0.6 is 0 Å². The van der Waals surface area contributed by atoms with Crippen molar-refractivity contribution in [3.63, 3.8) is 0 Å². The molecule has 21 heavy (non-hydrogen) atoms. The van der Waals surface area contributed by atoms with Crippen molar-refractivity contribution >= 4 is 0 Å². The van der Waals surface area contributed by atoms with E-state index in [0.29, 0.717) is 0 Å². The third-order valence-corrected chi connectivity index (χ3v) is 7.50. The monoisotopic (exact) mass is 288 g/mol. The molecule has 118 valence electrons. The Morgan fingerprint density at radius 2 is 1.10 bits per heavy atom. The van der Waals surface area contributed by atoms with Crippen LogP contribution in [0.1, 0.15) is 51.4 Å². The van der Waals surface area contributed by atoms with Crippen molar-refractivity contribution < 1.29 is 0 Å². The van der Waals surface area contributed by atoms with Gasteiger partial charge in [-0.25, -0.2) is 0 Å². The Balaban J connectivity index is 1.33. The van der Waals surface area contributed by atoms with E-state index in [1.807, 2.05) is 0 Å². The molecule has 0 radical (unpaired) electrons.